The largest absolute Gasteiger partial charge is 0.356 e. The highest BCUT2D eigenvalue weighted by Crippen LogP contribution is 2.32. The fraction of sp³-hybridized carbons (Fsp3) is 0.429. The number of fused-ring (bicyclic) bond motifs is 1. The molecule has 1 saturated heterocycles. The summed E-state index contributed by atoms with van der Waals surface area (Å²) in [6.45, 7) is 0.486. The number of hydrogen-bond acceptors (Lipinski definition) is 4. The van der Waals surface area contributed by atoms with Crippen molar-refractivity contribution in [3.63, 3.8) is 0 Å². The summed E-state index contributed by atoms with van der Waals surface area (Å²) in [5.74, 6) is -1.49. The minimum absolute atomic E-state index is 0.0203. The lowest BCUT2D eigenvalue weighted by molar-refractivity contribution is -0.120. The molecule has 1 aromatic carbocycles. The number of carbonyl (C=O) groups excluding carboxylic acids is 2. The number of benzene rings is 1. The van der Waals surface area contributed by atoms with Gasteiger partial charge in [0.25, 0.3) is 15.9 Å². The van der Waals surface area contributed by atoms with Gasteiger partial charge in [-0.1, -0.05) is 0 Å². The molecule has 0 spiro atoms. The number of sulfonamides is 1. The molecule has 2 aliphatic rings. The van der Waals surface area contributed by atoms with Crippen LogP contribution in [0.5, 0.6) is 0 Å². The van der Waals surface area contributed by atoms with Gasteiger partial charge in [-0.15, -0.1) is 0 Å². The molecule has 1 N–H and O–H groups in total. The summed E-state index contributed by atoms with van der Waals surface area (Å²) in [7, 11) is -3.93. The summed E-state index contributed by atoms with van der Waals surface area (Å²) in [6.07, 6.45) is 1.44. The summed E-state index contributed by atoms with van der Waals surface area (Å²) >= 11 is 0. The quantitative estimate of drug-likeness (QED) is 0.875. The lowest BCUT2D eigenvalue weighted by Crippen LogP contribution is -2.35. The second-order valence-corrected chi connectivity index (χ2v) is 7.36. The average Bonchev–Trinajstić information content (AvgIpc) is 2.62. The number of hydrogen-bond donors (Lipinski definition) is 1. The first-order chi connectivity index (χ1) is 10.4. The second kappa shape index (κ2) is 5.35. The predicted octanol–water partition coefficient (Wildman–Crippen LogP) is 0.887. The van der Waals surface area contributed by atoms with Gasteiger partial charge in [0.1, 0.15) is 10.7 Å². The van der Waals surface area contributed by atoms with Crippen LogP contribution in [0.15, 0.2) is 23.1 Å². The van der Waals surface area contributed by atoms with Gasteiger partial charge in [0.15, 0.2) is 0 Å². The van der Waals surface area contributed by atoms with Crippen LogP contribution in [0.1, 0.15) is 29.6 Å². The highest BCUT2D eigenvalue weighted by molar-refractivity contribution is 7.90. The minimum atomic E-state index is -3.93. The topological polar surface area (TPSA) is 83.6 Å². The van der Waals surface area contributed by atoms with E-state index < -0.39 is 21.7 Å². The Morgan fingerprint density at radius 3 is 2.82 bits per heavy atom. The molecule has 0 aliphatic carbocycles. The summed E-state index contributed by atoms with van der Waals surface area (Å²) in [5.41, 5.74) is -0.122. The lowest BCUT2D eigenvalue weighted by Gasteiger charge is -2.21. The number of amides is 2. The van der Waals surface area contributed by atoms with Crippen molar-refractivity contribution >= 4 is 21.8 Å². The van der Waals surface area contributed by atoms with Crippen molar-refractivity contribution in [1.29, 1.82) is 0 Å². The summed E-state index contributed by atoms with van der Waals surface area (Å²) in [6, 6.07) is 3.10. The zero-order valence-corrected chi connectivity index (χ0v) is 12.5. The zero-order valence-electron chi connectivity index (χ0n) is 11.7. The van der Waals surface area contributed by atoms with Crippen molar-refractivity contribution in [2.24, 2.45) is 5.92 Å². The van der Waals surface area contributed by atoms with Gasteiger partial charge in [0, 0.05) is 19.5 Å². The van der Waals surface area contributed by atoms with Gasteiger partial charge >= 0.3 is 0 Å². The van der Waals surface area contributed by atoms with Crippen molar-refractivity contribution in [3.8, 4) is 0 Å². The Labute approximate surface area is 127 Å². The fourth-order valence-corrected chi connectivity index (χ4v) is 4.46. The van der Waals surface area contributed by atoms with E-state index in [0.29, 0.717) is 25.8 Å². The van der Waals surface area contributed by atoms with Crippen molar-refractivity contribution in [2.75, 3.05) is 13.1 Å². The van der Waals surface area contributed by atoms with Crippen LogP contribution in [0.25, 0.3) is 0 Å². The molecule has 1 unspecified atom stereocenters. The van der Waals surface area contributed by atoms with Crippen molar-refractivity contribution in [2.45, 2.75) is 24.2 Å². The van der Waals surface area contributed by atoms with Gasteiger partial charge in [-0.25, -0.2) is 17.1 Å². The van der Waals surface area contributed by atoms with E-state index >= 15 is 0 Å². The van der Waals surface area contributed by atoms with Crippen molar-refractivity contribution in [3.05, 3.63) is 29.6 Å². The molecule has 0 aromatic heterocycles. The molecule has 8 heteroatoms. The maximum Gasteiger partial charge on any atom is 0.269 e. The molecule has 6 nitrogen and oxygen atoms in total. The maximum atomic E-state index is 13.3. The molecule has 2 aliphatic heterocycles. The van der Waals surface area contributed by atoms with Crippen LogP contribution in [-0.4, -0.2) is 37.6 Å². The Hall–Kier alpha value is -1.96. The molecule has 1 aromatic rings. The zero-order chi connectivity index (χ0) is 15.9. The van der Waals surface area contributed by atoms with Gasteiger partial charge < -0.3 is 5.32 Å². The minimum Gasteiger partial charge on any atom is -0.356 e. The molecule has 22 heavy (non-hydrogen) atoms. The van der Waals surface area contributed by atoms with E-state index in [9.17, 15) is 22.4 Å². The highest BCUT2D eigenvalue weighted by atomic mass is 32.2. The summed E-state index contributed by atoms with van der Waals surface area (Å²) in [4.78, 5) is 23.5. The summed E-state index contributed by atoms with van der Waals surface area (Å²) < 4.78 is 38.9. The Kier molecular flexibility index (Phi) is 3.64. The number of nitrogens with one attached hydrogen (secondary N) is 1. The second-order valence-electron chi connectivity index (χ2n) is 5.53. The van der Waals surface area contributed by atoms with E-state index in [1.165, 1.54) is 0 Å². The van der Waals surface area contributed by atoms with Crippen molar-refractivity contribution in [1.82, 2.24) is 9.62 Å². The van der Waals surface area contributed by atoms with E-state index in [-0.39, 0.29) is 28.8 Å². The van der Waals surface area contributed by atoms with Gasteiger partial charge in [-0.05, 0) is 37.0 Å². The van der Waals surface area contributed by atoms with E-state index in [4.69, 9.17) is 0 Å². The van der Waals surface area contributed by atoms with E-state index in [1.54, 1.807) is 0 Å². The number of carbonyl (C=O) groups is 2. The van der Waals surface area contributed by atoms with Gasteiger partial charge in [0.2, 0.25) is 5.91 Å². The smallest absolute Gasteiger partial charge is 0.269 e. The predicted molar refractivity (Wildman–Crippen MR) is 75.0 cm³/mol. The molecule has 2 amide bonds. The van der Waals surface area contributed by atoms with Gasteiger partial charge in [0.05, 0.1) is 5.56 Å². The SMILES string of the molecule is O=C1CCC(CN2C(=O)c3cc(F)ccc3S2(=O)=O)CCN1. The average molecular weight is 326 g/mol. The Bertz CT molecular complexity index is 747. The highest BCUT2D eigenvalue weighted by Gasteiger charge is 2.42. The standard InChI is InChI=1S/C14H15FN2O4S/c15-10-2-3-12-11(7-10)14(19)17(22(12,20)21)8-9-1-4-13(18)16-6-5-9/h2-3,7,9H,1,4-6,8H2,(H,16,18). The monoisotopic (exact) mass is 326 g/mol. The third-order valence-corrected chi connectivity index (χ3v) is 5.85. The Balaban J connectivity index is 1.86. The normalized spacial score (nSPS) is 23.9. The van der Waals surface area contributed by atoms with E-state index in [2.05, 4.69) is 5.32 Å². The first-order valence-corrected chi connectivity index (χ1v) is 8.47. The van der Waals surface area contributed by atoms with E-state index in [1.807, 2.05) is 0 Å². The molecule has 2 heterocycles. The van der Waals surface area contributed by atoms with Gasteiger partial charge in [-0.2, -0.15) is 0 Å². The first-order valence-electron chi connectivity index (χ1n) is 7.03. The van der Waals surface area contributed by atoms with Crippen LogP contribution in [0.3, 0.4) is 0 Å². The molecule has 0 radical (unpaired) electrons. The fourth-order valence-electron chi connectivity index (χ4n) is 2.84. The summed E-state index contributed by atoms with van der Waals surface area (Å²) in [5, 5.41) is 2.71. The molecular formula is C14H15FN2O4S. The third-order valence-electron chi connectivity index (χ3n) is 4.05. The molecule has 0 bridgehead atoms. The van der Waals surface area contributed by atoms with Crippen LogP contribution in [-0.2, 0) is 14.8 Å². The molecule has 1 atom stereocenters. The number of halogens is 1. The Morgan fingerprint density at radius 1 is 1.27 bits per heavy atom. The number of nitrogens with zero attached hydrogens (tertiary/aromatic N) is 1. The van der Waals surface area contributed by atoms with Crippen LogP contribution in [0, 0.1) is 11.7 Å². The molecule has 1 fully saturated rings. The lowest BCUT2D eigenvalue weighted by atomic mass is 10.0. The number of rotatable bonds is 2. The van der Waals surface area contributed by atoms with Crippen LogP contribution >= 0.6 is 0 Å². The molecular weight excluding hydrogens is 311 g/mol. The maximum absolute atomic E-state index is 13.3. The Morgan fingerprint density at radius 2 is 2.05 bits per heavy atom. The first kappa shape index (κ1) is 15.0. The third kappa shape index (κ3) is 2.47. The molecule has 0 saturated carbocycles. The van der Waals surface area contributed by atoms with Crippen LogP contribution in [0.4, 0.5) is 4.39 Å². The van der Waals surface area contributed by atoms with Crippen LogP contribution < -0.4 is 5.32 Å². The van der Waals surface area contributed by atoms with Gasteiger partial charge in [-0.3, -0.25) is 9.59 Å². The van der Waals surface area contributed by atoms with E-state index in [0.717, 1.165) is 22.5 Å². The van der Waals surface area contributed by atoms with Crippen LogP contribution in [0.2, 0.25) is 0 Å². The molecule has 3 rings (SSSR count). The molecule has 118 valence electrons. The van der Waals surface area contributed by atoms with Crippen molar-refractivity contribution < 1.29 is 22.4 Å².